The normalized spacial score (nSPS) is 14.5. The summed E-state index contributed by atoms with van der Waals surface area (Å²) in [6, 6.07) is 20.3. The number of thioether (sulfide) groups is 1. The number of anilines is 1. The first-order valence-corrected chi connectivity index (χ1v) is 11.3. The predicted molar refractivity (Wildman–Crippen MR) is 130 cm³/mol. The number of hydrogen-bond donors (Lipinski definition) is 1. The highest BCUT2D eigenvalue weighted by Crippen LogP contribution is 2.33. The molecule has 0 radical (unpaired) electrons. The van der Waals surface area contributed by atoms with E-state index in [2.05, 4.69) is 5.32 Å². The van der Waals surface area contributed by atoms with E-state index in [1.54, 1.807) is 54.6 Å². The van der Waals surface area contributed by atoms with E-state index in [1.807, 2.05) is 25.1 Å². The SMILES string of the molecule is Cc1cccc(NC(=O)COc2ccc(/C=C3\SC(=O)N(Cc4ccccc4F)C3=O)cc2)c1. The van der Waals surface area contributed by atoms with Crippen LogP contribution in [0.4, 0.5) is 14.9 Å². The summed E-state index contributed by atoms with van der Waals surface area (Å²) in [4.78, 5) is 38.4. The van der Waals surface area contributed by atoms with Gasteiger partial charge in [-0.15, -0.1) is 0 Å². The van der Waals surface area contributed by atoms with Gasteiger partial charge in [-0.1, -0.05) is 42.5 Å². The van der Waals surface area contributed by atoms with Crippen molar-refractivity contribution < 1.29 is 23.5 Å². The number of hydrogen-bond acceptors (Lipinski definition) is 5. The second kappa shape index (κ2) is 10.4. The Hall–Kier alpha value is -3.91. The first-order chi connectivity index (χ1) is 16.4. The molecule has 0 spiro atoms. The van der Waals surface area contributed by atoms with Crippen LogP contribution < -0.4 is 10.1 Å². The summed E-state index contributed by atoms with van der Waals surface area (Å²) < 4.78 is 19.4. The Labute approximate surface area is 200 Å². The van der Waals surface area contributed by atoms with Crippen LogP contribution in [0.15, 0.2) is 77.7 Å². The number of benzene rings is 3. The molecule has 3 aromatic rings. The molecule has 8 heteroatoms. The summed E-state index contributed by atoms with van der Waals surface area (Å²) in [6.07, 6.45) is 1.60. The molecule has 0 aliphatic carbocycles. The van der Waals surface area contributed by atoms with Crippen molar-refractivity contribution >= 4 is 40.6 Å². The molecule has 3 amide bonds. The molecule has 1 heterocycles. The fourth-order valence-electron chi connectivity index (χ4n) is 3.31. The van der Waals surface area contributed by atoms with Crippen molar-refractivity contribution in [2.75, 3.05) is 11.9 Å². The highest BCUT2D eigenvalue weighted by molar-refractivity contribution is 8.18. The number of imide groups is 1. The van der Waals surface area contributed by atoms with Crippen LogP contribution in [0.1, 0.15) is 16.7 Å². The van der Waals surface area contributed by atoms with Crippen LogP contribution in [0.25, 0.3) is 6.08 Å². The van der Waals surface area contributed by atoms with Crippen LogP contribution in [0.5, 0.6) is 5.75 Å². The van der Waals surface area contributed by atoms with E-state index in [0.29, 0.717) is 17.0 Å². The van der Waals surface area contributed by atoms with Gasteiger partial charge in [0.25, 0.3) is 17.1 Å². The maximum Gasteiger partial charge on any atom is 0.293 e. The van der Waals surface area contributed by atoms with Gasteiger partial charge >= 0.3 is 0 Å². The van der Waals surface area contributed by atoms with Gasteiger partial charge in [0, 0.05) is 11.3 Å². The lowest BCUT2D eigenvalue weighted by molar-refractivity contribution is -0.123. The summed E-state index contributed by atoms with van der Waals surface area (Å²) in [5.74, 6) is -0.720. The van der Waals surface area contributed by atoms with Crippen molar-refractivity contribution in [3.63, 3.8) is 0 Å². The average Bonchev–Trinajstić information content (AvgIpc) is 3.07. The van der Waals surface area contributed by atoms with Crippen molar-refractivity contribution in [3.8, 4) is 5.75 Å². The molecule has 4 rings (SSSR count). The van der Waals surface area contributed by atoms with E-state index in [9.17, 15) is 18.8 Å². The molecule has 1 aliphatic rings. The molecule has 1 N–H and O–H groups in total. The molecule has 0 saturated carbocycles. The van der Waals surface area contributed by atoms with E-state index >= 15 is 0 Å². The van der Waals surface area contributed by atoms with Gasteiger partial charge in [-0.25, -0.2) is 4.39 Å². The Morgan fingerprint density at radius 1 is 1.06 bits per heavy atom. The third kappa shape index (κ3) is 5.71. The minimum absolute atomic E-state index is 0.119. The molecule has 0 aromatic heterocycles. The number of carbonyl (C=O) groups excluding carboxylic acids is 3. The number of carbonyl (C=O) groups is 3. The van der Waals surface area contributed by atoms with Crippen LogP contribution in [0.2, 0.25) is 0 Å². The highest BCUT2D eigenvalue weighted by Gasteiger charge is 2.35. The standard InChI is InChI=1S/C26H21FN2O4S/c1-17-5-4-7-20(13-17)28-24(30)16-33-21-11-9-18(10-12-21)14-23-25(31)29(26(32)34-23)15-19-6-2-3-8-22(19)27/h2-14H,15-16H2,1H3,(H,28,30)/b23-14-. The summed E-state index contributed by atoms with van der Waals surface area (Å²) in [5.41, 5.74) is 2.71. The first-order valence-electron chi connectivity index (χ1n) is 10.5. The summed E-state index contributed by atoms with van der Waals surface area (Å²) in [7, 11) is 0. The van der Waals surface area contributed by atoms with E-state index in [-0.39, 0.29) is 29.5 Å². The zero-order chi connectivity index (χ0) is 24.1. The van der Waals surface area contributed by atoms with E-state index in [0.717, 1.165) is 22.2 Å². The van der Waals surface area contributed by atoms with Crippen LogP contribution in [-0.4, -0.2) is 28.6 Å². The zero-order valence-electron chi connectivity index (χ0n) is 18.3. The van der Waals surface area contributed by atoms with Gasteiger partial charge in [0.15, 0.2) is 6.61 Å². The molecule has 3 aromatic carbocycles. The van der Waals surface area contributed by atoms with E-state index in [4.69, 9.17) is 4.74 Å². The monoisotopic (exact) mass is 476 g/mol. The minimum Gasteiger partial charge on any atom is -0.484 e. The Bertz CT molecular complexity index is 1270. The molecule has 0 unspecified atom stereocenters. The lowest BCUT2D eigenvalue weighted by atomic mass is 10.2. The van der Waals surface area contributed by atoms with E-state index in [1.165, 1.54) is 6.07 Å². The molecule has 1 aliphatic heterocycles. The lowest BCUT2D eigenvalue weighted by Crippen LogP contribution is -2.27. The summed E-state index contributed by atoms with van der Waals surface area (Å²) >= 11 is 0.814. The Morgan fingerprint density at radius 3 is 2.56 bits per heavy atom. The molecule has 1 fully saturated rings. The molecule has 1 saturated heterocycles. The Kier molecular flexibility index (Phi) is 7.08. The maximum absolute atomic E-state index is 13.9. The third-order valence-electron chi connectivity index (χ3n) is 5.01. The van der Waals surface area contributed by atoms with Crippen molar-refractivity contribution in [3.05, 3.63) is 100 Å². The fourth-order valence-corrected chi connectivity index (χ4v) is 4.15. The van der Waals surface area contributed by atoms with Crippen molar-refractivity contribution in [1.29, 1.82) is 0 Å². The van der Waals surface area contributed by atoms with Gasteiger partial charge in [-0.3, -0.25) is 19.3 Å². The lowest BCUT2D eigenvalue weighted by Gasteiger charge is -2.12. The van der Waals surface area contributed by atoms with Crippen LogP contribution in [0.3, 0.4) is 0 Å². The topological polar surface area (TPSA) is 75.7 Å². The maximum atomic E-state index is 13.9. The Morgan fingerprint density at radius 2 is 1.82 bits per heavy atom. The number of ether oxygens (including phenoxy) is 1. The van der Waals surface area contributed by atoms with Gasteiger partial charge < -0.3 is 10.1 Å². The number of halogens is 1. The molecule has 6 nitrogen and oxygen atoms in total. The fraction of sp³-hybridized carbons (Fsp3) is 0.115. The molecule has 34 heavy (non-hydrogen) atoms. The smallest absolute Gasteiger partial charge is 0.293 e. The average molecular weight is 477 g/mol. The molecule has 0 bridgehead atoms. The largest absolute Gasteiger partial charge is 0.484 e. The van der Waals surface area contributed by atoms with Crippen molar-refractivity contribution in [1.82, 2.24) is 4.90 Å². The zero-order valence-corrected chi connectivity index (χ0v) is 19.1. The summed E-state index contributed by atoms with van der Waals surface area (Å²) in [6.45, 7) is 1.67. The predicted octanol–water partition coefficient (Wildman–Crippen LogP) is 5.39. The molecular weight excluding hydrogens is 455 g/mol. The van der Waals surface area contributed by atoms with Gasteiger partial charge in [0.2, 0.25) is 0 Å². The molecule has 0 atom stereocenters. The van der Waals surface area contributed by atoms with Crippen LogP contribution in [-0.2, 0) is 16.1 Å². The number of rotatable bonds is 7. The van der Waals surface area contributed by atoms with Gasteiger partial charge in [0.1, 0.15) is 11.6 Å². The van der Waals surface area contributed by atoms with Crippen LogP contribution in [0, 0.1) is 12.7 Å². The van der Waals surface area contributed by atoms with Crippen molar-refractivity contribution in [2.45, 2.75) is 13.5 Å². The Balaban J connectivity index is 1.35. The quantitative estimate of drug-likeness (QED) is 0.463. The van der Waals surface area contributed by atoms with E-state index < -0.39 is 17.0 Å². The van der Waals surface area contributed by atoms with Gasteiger partial charge in [-0.2, -0.15) is 0 Å². The number of amides is 3. The highest BCUT2D eigenvalue weighted by atomic mass is 32.2. The minimum atomic E-state index is -0.466. The van der Waals surface area contributed by atoms with Crippen molar-refractivity contribution in [2.24, 2.45) is 0 Å². The third-order valence-corrected chi connectivity index (χ3v) is 5.92. The number of nitrogens with one attached hydrogen (secondary N) is 1. The second-order valence-electron chi connectivity index (χ2n) is 7.63. The van der Waals surface area contributed by atoms with Crippen LogP contribution >= 0.6 is 11.8 Å². The summed E-state index contributed by atoms with van der Waals surface area (Å²) in [5, 5.41) is 2.33. The second-order valence-corrected chi connectivity index (χ2v) is 8.63. The molecule has 172 valence electrons. The number of aryl methyl sites for hydroxylation is 1. The van der Waals surface area contributed by atoms with Gasteiger partial charge in [0.05, 0.1) is 11.4 Å². The van der Waals surface area contributed by atoms with Gasteiger partial charge in [-0.05, 0) is 66.2 Å². The first kappa shape index (κ1) is 23.3. The number of nitrogens with zero attached hydrogens (tertiary/aromatic N) is 1. The molecular formula is C26H21FN2O4S.